The Morgan fingerprint density at radius 2 is 1.75 bits per heavy atom. The van der Waals surface area contributed by atoms with Gasteiger partial charge in [-0.1, -0.05) is 27.7 Å². The van der Waals surface area contributed by atoms with Crippen molar-refractivity contribution in [1.29, 1.82) is 0 Å². The first-order valence-electron chi connectivity index (χ1n) is 7.58. The van der Waals surface area contributed by atoms with Crippen LogP contribution in [-0.4, -0.2) is 41.1 Å². The lowest BCUT2D eigenvalue weighted by Crippen LogP contribution is -2.50. The number of nitrogens with one attached hydrogen (secondary N) is 1. The molecule has 1 heterocycles. The van der Waals surface area contributed by atoms with Crippen LogP contribution < -0.4 is 5.32 Å². The van der Waals surface area contributed by atoms with Crippen LogP contribution in [0, 0.1) is 17.8 Å². The Morgan fingerprint density at radius 3 is 2.15 bits per heavy atom. The molecule has 5 nitrogen and oxygen atoms in total. The molecule has 116 valence electrons. The number of nitrogens with zero attached hydrogens (tertiary/aromatic N) is 1. The highest BCUT2D eigenvalue weighted by Gasteiger charge is 2.27. The van der Waals surface area contributed by atoms with Crippen LogP contribution in [0.2, 0.25) is 0 Å². The van der Waals surface area contributed by atoms with E-state index in [0.29, 0.717) is 11.8 Å². The first-order valence-corrected chi connectivity index (χ1v) is 7.58. The topological polar surface area (TPSA) is 69.6 Å². The second kappa shape index (κ2) is 7.50. The Balaban J connectivity index is 2.48. The Kier molecular flexibility index (Phi) is 6.30. The van der Waals surface area contributed by atoms with E-state index in [1.54, 1.807) is 0 Å². The summed E-state index contributed by atoms with van der Waals surface area (Å²) in [4.78, 5) is 24.8. The fourth-order valence-corrected chi connectivity index (χ4v) is 2.66. The minimum atomic E-state index is -0.873. The van der Waals surface area contributed by atoms with Crippen molar-refractivity contribution in [2.45, 2.75) is 53.0 Å². The van der Waals surface area contributed by atoms with Crippen LogP contribution in [0.1, 0.15) is 47.0 Å². The van der Waals surface area contributed by atoms with Gasteiger partial charge in [0, 0.05) is 19.1 Å². The molecule has 0 saturated carbocycles. The van der Waals surface area contributed by atoms with E-state index >= 15 is 0 Å². The third-order valence-corrected chi connectivity index (χ3v) is 4.28. The summed E-state index contributed by atoms with van der Waals surface area (Å²) in [7, 11) is 0. The van der Waals surface area contributed by atoms with Gasteiger partial charge in [-0.25, -0.2) is 4.79 Å². The van der Waals surface area contributed by atoms with Crippen molar-refractivity contribution in [3.63, 3.8) is 0 Å². The second-order valence-corrected chi connectivity index (χ2v) is 6.47. The molecule has 1 fully saturated rings. The van der Waals surface area contributed by atoms with E-state index in [1.165, 1.54) is 0 Å². The molecule has 0 radical (unpaired) electrons. The van der Waals surface area contributed by atoms with E-state index in [-0.39, 0.29) is 24.4 Å². The lowest BCUT2D eigenvalue weighted by Gasteiger charge is -2.35. The van der Waals surface area contributed by atoms with Gasteiger partial charge < -0.3 is 15.3 Å². The molecule has 1 atom stereocenters. The fourth-order valence-electron chi connectivity index (χ4n) is 2.66. The number of amides is 2. The predicted octanol–water partition coefficient (Wildman–Crippen LogP) is 2.56. The summed E-state index contributed by atoms with van der Waals surface area (Å²) < 4.78 is 0. The molecule has 1 rings (SSSR count). The first-order chi connectivity index (χ1) is 9.31. The number of hydrogen-bond acceptors (Lipinski definition) is 2. The highest BCUT2D eigenvalue weighted by atomic mass is 16.4. The van der Waals surface area contributed by atoms with Crippen LogP contribution in [-0.2, 0) is 4.79 Å². The van der Waals surface area contributed by atoms with Gasteiger partial charge in [0.05, 0.1) is 6.42 Å². The molecule has 0 aliphatic carbocycles. The smallest absolute Gasteiger partial charge is 0.317 e. The Hall–Kier alpha value is -1.26. The molecular formula is C15H28N2O3. The monoisotopic (exact) mass is 284 g/mol. The Bertz CT molecular complexity index is 334. The van der Waals surface area contributed by atoms with E-state index < -0.39 is 5.97 Å². The number of aliphatic carboxylic acids is 1. The number of carbonyl (C=O) groups excluding carboxylic acids is 1. The maximum atomic E-state index is 12.2. The van der Waals surface area contributed by atoms with Crippen molar-refractivity contribution in [2.24, 2.45) is 17.8 Å². The number of carboxylic acid groups (broad SMARTS) is 1. The molecule has 0 bridgehead atoms. The van der Waals surface area contributed by atoms with Gasteiger partial charge >= 0.3 is 12.0 Å². The minimum absolute atomic E-state index is 0.0220. The van der Waals surface area contributed by atoms with Crippen LogP contribution >= 0.6 is 0 Å². The zero-order valence-electron chi connectivity index (χ0n) is 13.1. The van der Waals surface area contributed by atoms with E-state index in [2.05, 4.69) is 19.2 Å². The lowest BCUT2D eigenvalue weighted by molar-refractivity contribution is -0.137. The van der Waals surface area contributed by atoms with E-state index in [0.717, 1.165) is 25.9 Å². The standard InChI is InChI=1S/C15H28N2O3/c1-10(2)12-5-7-17(8-6-12)15(20)16-13(11(3)4)9-14(18)19/h10-13H,5-9H2,1-4H3,(H,16,20)(H,18,19). The summed E-state index contributed by atoms with van der Waals surface area (Å²) in [6, 6.07) is -0.421. The minimum Gasteiger partial charge on any atom is -0.481 e. The van der Waals surface area contributed by atoms with E-state index in [4.69, 9.17) is 5.11 Å². The highest BCUT2D eigenvalue weighted by Crippen LogP contribution is 2.24. The van der Waals surface area contributed by atoms with E-state index in [9.17, 15) is 9.59 Å². The Morgan fingerprint density at radius 1 is 1.20 bits per heavy atom. The van der Waals surface area contributed by atoms with Crippen LogP contribution in [0.15, 0.2) is 0 Å². The molecule has 1 unspecified atom stereocenters. The van der Waals surface area contributed by atoms with Crippen molar-refractivity contribution in [3.05, 3.63) is 0 Å². The zero-order valence-corrected chi connectivity index (χ0v) is 13.1. The number of hydrogen-bond donors (Lipinski definition) is 2. The van der Waals surface area contributed by atoms with Crippen molar-refractivity contribution < 1.29 is 14.7 Å². The largest absolute Gasteiger partial charge is 0.481 e. The number of carboxylic acids is 1. The quantitative estimate of drug-likeness (QED) is 0.815. The molecule has 1 aliphatic heterocycles. The summed E-state index contributed by atoms with van der Waals surface area (Å²) in [5.74, 6) is 0.598. The summed E-state index contributed by atoms with van der Waals surface area (Å²) in [6.45, 7) is 9.85. The molecule has 0 aromatic rings. The SMILES string of the molecule is CC(C)C1CCN(C(=O)NC(CC(=O)O)C(C)C)CC1. The summed E-state index contributed by atoms with van der Waals surface area (Å²) in [5.41, 5.74) is 0. The number of piperidine rings is 1. The van der Waals surface area contributed by atoms with Gasteiger partial charge in [-0.05, 0) is 30.6 Å². The van der Waals surface area contributed by atoms with Gasteiger partial charge in [-0.3, -0.25) is 4.79 Å². The number of carbonyl (C=O) groups is 2. The third-order valence-electron chi connectivity index (χ3n) is 4.28. The normalized spacial score (nSPS) is 18.4. The molecule has 2 N–H and O–H groups in total. The highest BCUT2D eigenvalue weighted by molar-refractivity contribution is 5.76. The van der Waals surface area contributed by atoms with Crippen LogP contribution in [0.25, 0.3) is 0 Å². The molecule has 0 aromatic carbocycles. The van der Waals surface area contributed by atoms with Gasteiger partial charge in [-0.15, -0.1) is 0 Å². The maximum Gasteiger partial charge on any atom is 0.317 e. The van der Waals surface area contributed by atoms with Gasteiger partial charge in [-0.2, -0.15) is 0 Å². The number of likely N-dealkylation sites (tertiary alicyclic amines) is 1. The maximum absolute atomic E-state index is 12.2. The average Bonchev–Trinajstić information content (AvgIpc) is 2.37. The van der Waals surface area contributed by atoms with Crippen molar-refractivity contribution in [1.82, 2.24) is 10.2 Å². The molecular weight excluding hydrogens is 256 g/mol. The van der Waals surface area contributed by atoms with Gasteiger partial charge in [0.15, 0.2) is 0 Å². The summed E-state index contributed by atoms with van der Waals surface area (Å²) in [6.07, 6.45) is 2.05. The molecule has 1 saturated heterocycles. The second-order valence-electron chi connectivity index (χ2n) is 6.47. The predicted molar refractivity (Wildman–Crippen MR) is 78.5 cm³/mol. The lowest BCUT2D eigenvalue weighted by atomic mass is 9.87. The van der Waals surface area contributed by atoms with E-state index in [1.807, 2.05) is 18.7 Å². The van der Waals surface area contributed by atoms with Gasteiger partial charge in [0.25, 0.3) is 0 Å². The number of urea groups is 1. The molecule has 1 aliphatic rings. The Labute approximate surface area is 121 Å². The molecule has 2 amide bonds. The van der Waals surface area contributed by atoms with Gasteiger partial charge in [0.2, 0.25) is 0 Å². The van der Waals surface area contributed by atoms with Crippen LogP contribution in [0.5, 0.6) is 0 Å². The summed E-state index contributed by atoms with van der Waals surface area (Å²) in [5, 5.41) is 11.8. The van der Waals surface area contributed by atoms with Crippen LogP contribution in [0.4, 0.5) is 4.79 Å². The van der Waals surface area contributed by atoms with Gasteiger partial charge in [0.1, 0.15) is 0 Å². The van der Waals surface area contributed by atoms with Crippen molar-refractivity contribution >= 4 is 12.0 Å². The number of rotatable bonds is 5. The van der Waals surface area contributed by atoms with Crippen LogP contribution in [0.3, 0.4) is 0 Å². The molecule has 0 spiro atoms. The molecule has 20 heavy (non-hydrogen) atoms. The first kappa shape index (κ1) is 16.8. The zero-order chi connectivity index (χ0) is 15.3. The fraction of sp³-hybridized carbons (Fsp3) is 0.867. The molecule has 5 heteroatoms. The van der Waals surface area contributed by atoms with Crippen molar-refractivity contribution in [3.8, 4) is 0 Å². The van der Waals surface area contributed by atoms with Crippen molar-refractivity contribution in [2.75, 3.05) is 13.1 Å². The summed E-state index contributed by atoms with van der Waals surface area (Å²) >= 11 is 0. The molecule has 0 aromatic heterocycles. The third kappa shape index (κ3) is 5.02. The average molecular weight is 284 g/mol.